The SMILES string of the molecule is CCCN[C@H]1[C@@H](OS(=O)(=O)O)[C@H](N=[N+]=[N-])C[C@H](N=[N+]=[N-])[C@H]1O[C@H]1O[C@H](CN=[N+]=[N-])[C@@H](O)[C@H](O)[C@H]1N=[N+]=[N-]. The van der Waals surface area contributed by atoms with Crippen molar-refractivity contribution in [2.45, 2.75) is 80.7 Å². The highest BCUT2D eigenvalue weighted by atomic mass is 32.3. The number of hydrogen-bond acceptors (Lipinski definition) is 12. The molecule has 1 aliphatic heterocycles. The fourth-order valence-electron chi connectivity index (χ4n) is 4.16. The molecule has 0 bridgehead atoms. The lowest BCUT2D eigenvalue weighted by molar-refractivity contribution is -0.278. The van der Waals surface area contributed by atoms with Crippen LogP contribution in [-0.4, -0.2) is 97.3 Å². The van der Waals surface area contributed by atoms with Gasteiger partial charge in [0, 0.05) is 19.6 Å². The Kier molecular flexibility index (Phi) is 11.4. The van der Waals surface area contributed by atoms with Crippen LogP contribution in [0.4, 0.5) is 0 Å². The summed E-state index contributed by atoms with van der Waals surface area (Å²) in [4.78, 5) is 10.6. The molecule has 0 unspecified atom stereocenters. The van der Waals surface area contributed by atoms with Crippen molar-refractivity contribution in [2.24, 2.45) is 20.5 Å². The Morgan fingerprint density at radius 2 is 1.62 bits per heavy atom. The van der Waals surface area contributed by atoms with Crippen LogP contribution in [0.5, 0.6) is 0 Å². The van der Waals surface area contributed by atoms with Crippen molar-refractivity contribution in [3.05, 3.63) is 41.8 Å². The second-order valence-corrected chi connectivity index (χ2v) is 9.03. The molecule has 22 heteroatoms. The smallest absolute Gasteiger partial charge is 0.390 e. The molecular weight excluding hydrogens is 522 g/mol. The minimum absolute atomic E-state index is 0.230. The van der Waals surface area contributed by atoms with Gasteiger partial charge in [-0.2, -0.15) is 8.42 Å². The van der Waals surface area contributed by atoms with Gasteiger partial charge in [-0.05, 0) is 41.5 Å². The molecule has 1 heterocycles. The summed E-state index contributed by atoms with van der Waals surface area (Å²) in [6, 6.07) is -5.17. The quantitative estimate of drug-likeness (QED) is 0.117. The molecule has 0 aromatic carbocycles. The molecule has 21 nitrogen and oxygen atoms in total. The van der Waals surface area contributed by atoms with E-state index in [2.05, 4.69) is 45.4 Å². The number of azide groups is 4. The van der Waals surface area contributed by atoms with Crippen LogP contribution in [0.1, 0.15) is 19.8 Å². The summed E-state index contributed by atoms with van der Waals surface area (Å²) >= 11 is 0. The van der Waals surface area contributed by atoms with Crippen LogP contribution in [0.15, 0.2) is 20.5 Å². The average molecular weight is 548 g/mol. The van der Waals surface area contributed by atoms with Gasteiger partial charge in [0.25, 0.3) is 0 Å². The summed E-state index contributed by atoms with van der Waals surface area (Å²) < 4.78 is 48.9. The molecular formula is C15H25N13O8S. The van der Waals surface area contributed by atoms with Gasteiger partial charge < -0.3 is 25.0 Å². The lowest BCUT2D eigenvalue weighted by Crippen LogP contribution is -2.65. The molecule has 0 radical (unpaired) electrons. The number of nitrogens with one attached hydrogen (secondary N) is 1. The first-order chi connectivity index (χ1) is 17.6. The van der Waals surface area contributed by atoms with E-state index in [1.54, 1.807) is 6.92 Å². The summed E-state index contributed by atoms with van der Waals surface area (Å²) in [7, 11) is -5.07. The molecule has 0 aromatic rings. The van der Waals surface area contributed by atoms with Crippen molar-refractivity contribution in [3.8, 4) is 0 Å². The highest BCUT2D eigenvalue weighted by Crippen LogP contribution is 2.34. The summed E-state index contributed by atoms with van der Waals surface area (Å²) in [5.41, 5.74) is 35.7. The Morgan fingerprint density at radius 1 is 1.00 bits per heavy atom. The zero-order valence-corrected chi connectivity index (χ0v) is 20.1. The molecule has 1 saturated carbocycles. The van der Waals surface area contributed by atoms with E-state index >= 15 is 0 Å². The highest BCUT2D eigenvalue weighted by molar-refractivity contribution is 7.80. The maximum absolute atomic E-state index is 11.6. The molecule has 4 N–H and O–H groups in total. The molecule has 37 heavy (non-hydrogen) atoms. The lowest BCUT2D eigenvalue weighted by Gasteiger charge is -2.47. The Labute approximate surface area is 209 Å². The third-order valence-electron chi connectivity index (χ3n) is 5.68. The van der Waals surface area contributed by atoms with Gasteiger partial charge in [-0.3, -0.25) is 4.55 Å². The summed E-state index contributed by atoms with van der Waals surface area (Å²) in [6.45, 7) is 1.57. The van der Waals surface area contributed by atoms with Gasteiger partial charge in [-0.1, -0.05) is 27.4 Å². The van der Waals surface area contributed by atoms with Gasteiger partial charge >= 0.3 is 10.4 Å². The summed E-state index contributed by atoms with van der Waals surface area (Å²) in [5, 5.41) is 37.7. The Morgan fingerprint density at radius 3 is 2.16 bits per heavy atom. The van der Waals surface area contributed by atoms with Crippen LogP contribution in [0.2, 0.25) is 0 Å². The normalized spacial score (nSPS) is 35.7. The first-order valence-corrected chi connectivity index (χ1v) is 12.2. The molecule has 2 fully saturated rings. The van der Waals surface area contributed by atoms with Gasteiger partial charge in [0.05, 0.1) is 43.0 Å². The zero-order chi connectivity index (χ0) is 27.6. The van der Waals surface area contributed by atoms with E-state index in [-0.39, 0.29) is 13.0 Å². The van der Waals surface area contributed by atoms with Gasteiger partial charge in [-0.15, -0.1) is 0 Å². The average Bonchev–Trinajstić information content (AvgIpc) is 2.84. The predicted molar refractivity (Wildman–Crippen MR) is 121 cm³/mol. The van der Waals surface area contributed by atoms with Crippen molar-refractivity contribution in [1.82, 2.24) is 5.32 Å². The molecule has 204 valence electrons. The number of rotatable bonds is 12. The molecule has 0 aromatic heterocycles. The fraction of sp³-hybridized carbons (Fsp3) is 1.00. The van der Waals surface area contributed by atoms with E-state index in [1.807, 2.05) is 0 Å². The first-order valence-electron chi connectivity index (χ1n) is 10.8. The van der Waals surface area contributed by atoms with Crippen LogP contribution in [-0.2, 0) is 24.1 Å². The van der Waals surface area contributed by atoms with Gasteiger partial charge in [-0.25, -0.2) is 4.18 Å². The van der Waals surface area contributed by atoms with Crippen molar-refractivity contribution in [1.29, 1.82) is 0 Å². The number of aliphatic hydroxyl groups is 2. The molecule has 2 aliphatic rings. The monoisotopic (exact) mass is 547 g/mol. The maximum Gasteiger partial charge on any atom is 0.397 e. The topological polar surface area (TPSA) is 330 Å². The van der Waals surface area contributed by atoms with Crippen molar-refractivity contribution < 1.29 is 36.8 Å². The van der Waals surface area contributed by atoms with E-state index in [9.17, 15) is 23.2 Å². The van der Waals surface area contributed by atoms with Gasteiger partial charge in [0.15, 0.2) is 6.29 Å². The number of hydrogen-bond donors (Lipinski definition) is 4. The largest absolute Gasteiger partial charge is 0.397 e. The van der Waals surface area contributed by atoms with E-state index in [0.29, 0.717) is 6.42 Å². The molecule has 1 saturated heterocycles. The second kappa shape index (κ2) is 14.0. The number of ether oxygens (including phenoxy) is 2. The van der Waals surface area contributed by atoms with Crippen LogP contribution in [0.3, 0.4) is 0 Å². The van der Waals surface area contributed by atoms with Crippen LogP contribution in [0.25, 0.3) is 41.8 Å². The Hall–Kier alpha value is -3.09. The standard InChI is InChI=1S/C15H25N13O8S/c1-2-3-20-10-13(6(22-26-17)4-7(23-27-18)14(10)36-37(31,32)33)35-15-9(24-28-19)12(30)11(29)8(34-15)5-21-25-16/h6-15,20,29-30H,2-5H2,1H3,(H,31,32,33)/t6-,7+,8+,9+,10+,11+,12+,13+,14-,15+/m0/s1. The van der Waals surface area contributed by atoms with Gasteiger partial charge in [0.1, 0.15) is 18.2 Å². The van der Waals surface area contributed by atoms with Crippen molar-refractivity contribution >= 4 is 10.4 Å². The van der Waals surface area contributed by atoms with Crippen molar-refractivity contribution in [2.75, 3.05) is 13.1 Å². The van der Waals surface area contributed by atoms with E-state index in [4.69, 9.17) is 35.8 Å². The summed E-state index contributed by atoms with van der Waals surface area (Å²) in [6.07, 6.45) is -8.96. The van der Waals surface area contributed by atoms with Crippen LogP contribution < -0.4 is 5.32 Å². The van der Waals surface area contributed by atoms with Crippen LogP contribution in [0, 0.1) is 0 Å². The van der Waals surface area contributed by atoms with E-state index in [1.165, 1.54) is 0 Å². The predicted octanol–water partition coefficient (Wildman–Crippen LogP) is 1.13. The fourth-order valence-corrected chi connectivity index (χ4v) is 4.69. The number of aliphatic hydroxyl groups excluding tert-OH is 2. The maximum atomic E-state index is 11.6. The highest BCUT2D eigenvalue weighted by Gasteiger charge is 2.51. The minimum atomic E-state index is -5.07. The molecule has 0 amide bonds. The molecule has 10 atom stereocenters. The Balaban J connectivity index is 2.56. The van der Waals surface area contributed by atoms with Crippen molar-refractivity contribution in [3.63, 3.8) is 0 Å². The Bertz CT molecular complexity index is 1080. The number of nitrogens with zero attached hydrogens (tertiary/aromatic N) is 12. The third-order valence-corrected chi connectivity index (χ3v) is 6.15. The third kappa shape index (κ3) is 7.94. The minimum Gasteiger partial charge on any atom is -0.390 e. The summed E-state index contributed by atoms with van der Waals surface area (Å²) in [5.74, 6) is 0. The lowest BCUT2D eigenvalue weighted by atomic mass is 9.82. The van der Waals surface area contributed by atoms with E-state index < -0.39 is 77.9 Å². The second-order valence-electron chi connectivity index (χ2n) is 7.98. The molecule has 0 spiro atoms. The van der Waals surface area contributed by atoms with E-state index in [0.717, 1.165) is 0 Å². The molecule has 1 aliphatic carbocycles. The first kappa shape index (κ1) is 30.1. The van der Waals surface area contributed by atoms with Crippen LogP contribution >= 0.6 is 0 Å². The van der Waals surface area contributed by atoms with Gasteiger partial charge in [0.2, 0.25) is 0 Å². The molecule has 2 rings (SSSR count). The zero-order valence-electron chi connectivity index (χ0n) is 19.3.